The van der Waals surface area contributed by atoms with Gasteiger partial charge in [-0.1, -0.05) is 37.1 Å². The Morgan fingerprint density at radius 2 is 2.35 bits per heavy atom. The van der Waals surface area contributed by atoms with Gasteiger partial charge >= 0.3 is 0 Å². The van der Waals surface area contributed by atoms with E-state index in [1.54, 1.807) is 6.07 Å². The zero-order valence-corrected chi connectivity index (χ0v) is 13.0. The molecule has 0 radical (unpaired) electrons. The molecule has 6 heteroatoms. The average molecular weight is 319 g/mol. The van der Waals surface area contributed by atoms with Crippen LogP contribution in [0.25, 0.3) is 0 Å². The molecule has 2 rings (SSSR count). The second-order valence-electron chi connectivity index (χ2n) is 4.75. The Bertz CT molecular complexity index is 468. The van der Waals surface area contributed by atoms with Gasteiger partial charge < -0.3 is 15.8 Å². The Labute approximate surface area is 130 Å². The van der Waals surface area contributed by atoms with Crippen molar-refractivity contribution in [1.29, 1.82) is 0 Å². The van der Waals surface area contributed by atoms with Gasteiger partial charge in [-0.25, -0.2) is 0 Å². The van der Waals surface area contributed by atoms with Gasteiger partial charge in [0.15, 0.2) is 0 Å². The number of hydrogen-bond acceptors (Lipinski definition) is 3. The van der Waals surface area contributed by atoms with Crippen LogP contribution in [0.5, 0.6) is 5.75 Å². The molecule has 20 heavy (non-hydrogen) atoms. The summed E-state index contributed by atoms with van der Waals surface area (Å²) in [6, 6.07) is 5.05. The smallest absolute Gasteiger partial charge is 0.237 e. The van der Waals surface area contributed by atoms with E-state index in [2.05, 4.69) is 5.32 Å². The summed E-state index contributed by atoms with van der Waals surface area (Å²) in [5.74, 6) is 0.560. The minimum Gasteiger partial charge on any atom is -0.492 e. The fourth-order valence-corrected chi connectivity index (χ4v) is 2.49. The van der Waals surface area contributed by atoms with E-state index in [4.69, 9.17) is 22.1 Å². The molecular formula is C14H20Cl2N2O2. The van der Waals surface area contributed by atoms with Gasteiger partial charge in [0.05, 0.1) is 23.7 Å². The van der Waals surface area contributed by atoms with Crippen LogP contribution in [0.15, 0.2) is 18.2 Å². The molecule has 0 spiro atoms. The lowest BCUT2D eigenvalue weighted by Crippen LogP contribution is -2.43. The van der Waals surface area contributed by atoms with Crippen molar-refractivity contribution in [3.05, 3.63) is 28.8 Å². The third-order valence-corrected chi connectivity index (χ3v) is 3.58. The first-order valence-corrected chi connectivity index (χ1v) is 6.98. The maximum Gasteiger partial charge on any atom is 0.237 e. The summed E-state index contributed by atoms with van der Waals surface area (Å²) in [7, 11) is 0. The molecule has 1 amide bonds. The Balaban J connectivity index is 0.00000200. The average Bonchev–Trinajstić information content (AvgIpc) is 2.40. The standard InChI is InChI=1S/C14H19ClN2O2.ClH/c1-2-4-11(16)14(18)17-12-7-8-19-13-9(12)5-3-6-10(13)15;/h3,5-6,11-12H,2,4,7-8,16H2,1H3,(H,17,18);1H. The van der Waals surface area contributed by atoms with Crippen LogP contribution < -0.4 is 15.8 Å². The zero-order valence-electron chi connectivity index (χ0n) is 11.4. The fourth-order valence-electron chi connectivity index (χ4n) is 2.26. The van der Waals surface area contributed by atoms with Crippen LogP contribution in [0.3, 0.4) is 0 Å². The lowest BCUT2D eigenvalue weighted by molar-refractivity contribution is -0.123. The van der Waals surface area contributed by atoms with E-state index in [0.29, 0.717) is 23.8 Å². The van der Waals surface area contributed by atoms with Crippen LogP contribution in [0.2, 0.25) is 5.02 Å². The van der Waals surface area contributed by atoms with Gasteiger partial charge in [-0.15, -0.1) is 12.4 Å². The predicted octanol–water partition coefficient (Wildman–Crippen LogP) is 2.83. The maximum atomic E-state index is 12.0. The molecule has 3 N–H and O–H groups in total. The highest BCUT2D eigenvalue weighted by Crippen LogP contribution is 2.37. The van der Waals surface area contributed by atoms with Crippen molar-refractivity contribution in [3.63, 3.8) is 0 Å². The van der Waals surface area contributed by atoms with E-state index >= 15 is 0 Å². The molecule has 2 atom stereocenters. The number of para-hydroxylation sites is 1. The molecule has 0 fully saturated rings. The SMILES string of the molecule is CCCC(N)C(=O)NC1CCOc2c(Cl)cccc21.Cl. The van der Waals surface area contributed by atoms with E-state index in [-0.39, 0.29) is 24.4 Å². The highest BCUT2D eigenvalue weighted by Gasteiger charge is 2.26. The third-order valence-electron chi connectivity index (χ3n) is 3.28. The zero-order chi connectivity index (χ0) is 13.8. The van der Waals surface area contributed by atoms with Crippen molar-refractivity contribution in [2.45, 2.75) is 38.3 Å². The molecule has 1 aliphatic heterocycles. The topological polar surface area (TPSA) is 64.4 Å². The monoisotopic (exact) mass is 318 g/mol. The predicted molar refractivity (Wildman–Crippen MR) is 82.6 cm³/mol. The lowest BCUT2D eigenvalue weighted by atomic mass is 10.00. The molecule has 1 aliphatic rings. The van der Waals surface area contributed by atoms with Gasteiger partial charge in [0.1, 0.15) is 5.75 Å². The van der Waals surface area contributed by atoms with Crippen LogP contribution in [0, 0.1) is 0 Å². The van der Waals surface area contributed by atoms with Crippen molar-refractivity contribution in [2.75, 3.05) is 6.61 Å². The Kier molecular flexibility index (Phi) is 6.59. The van der Waals surface area contributed by atoms with Crippen LogP contribution in [-0.2, 0) is 4.79 Å². The minimum absolute atomic E-state index is 0. The highest BCUT2D eigenvalue weighted by molar-refractivity contribution is 6.32. The van der Waals surface area contributed by atoms with E-state index in [1.165, 1.54) is 0 Å². The van der Waals surface area contributed by atoms with E-state index in [0.717, 1.165) is 18.4 Å². The number of carbonyl (C=O) groups excluding carboxylic acids is 1. The number of nitrogens with two attached hydrogens (primary N) is 1. The quantitative estimate of drug-likeness (QED) is 0.897. The fraction of sp³-hybridized carbons (Fsp3) is 0.500. The number of ether oxygens (including phenoxy) is 1. The van der Waals surface area contributed by atoms with Gasteiger partial charge in [0.2, 0.25) is 5.91 Å². The van der Waals surface area contributed by atoms with E-state index in [1.807, 2.05) is 19.1 Å². The summed E-state index contributed by atoms with van der Waals surface area (Å²) in [6.45, 7) is 2.56. The van der Waals surface area contributed by atoms with Crippen molar-refractivity contribution in [1.82, 2.24) is 5.32 Å². The molecule has 0 aromatic heterocycles. The molecule has 1 aromatic carbocycles. The number of halogens is 2. The van der Waals surface area contributed by atoms with E-state index < -0.39 is 6.04 Å². The first-order valence-electron chi connectivity index (χ1n) is 6.60. The molecule has 2 unspecified atom stereocenters. The van der Waals surface area contributed by atoms with Crippen LogP contribution >= 0.6 is 24.0 Å². The summed E-state index contributed by atoms with van der Waals surface area (Å²) < 4.78 is 5.56. The number of benzene rings is 1. The summed E-state index contributed by atoms with van der Waals surface area (Å²) in [4.78, 5) is 12.0. The summed E-state index contributed by atoms with van der Waals surface area (Å²) in [6.07, 6.45) is 2.32. The molecular weight excluding hydrogens is 299 g/mol. The summed E-state index contributed by atoms with van der Waals surface area (Å²) in [5.41, 5.74) is 6.75. The van der Waals surface area contributed by atoms with Gasteiger partial charge in [0.25, 0.3) is 0 Å². The molecule has 1 heterocycles. The van der Waals surface area contributed by atoms with Crippen molar-refractivity contribution >= 4 is 29.9 Å². The van der Waals surface area contributed by atoms with Crippen molar-refractivity contribution in [2.24, 2.45) is 5.73 Å². The third kappa shape index (κ3) is 3.78. The number of rotatable bonds is 4. The Morgan fingerprint density at radius 1 is 1.60 bits per heavy atom. The molecule has 0 saturated heterocycles. The summed E-state index contributed by atoms with van der Waals surface area (Å²) in [5, 5.41) is 3.56. The highest BCUT2D eigenvalue weighted by atomic mass is 35.5. The Morgan fingerprint density at radius 3 is 3.05 bits per heavy atom. The first-order chi connectivity index (χ1) is 9.13. The molecule has 0 saturated carbocycles. The minimum atomic E-state index is -0.449. The van der Waals surface area contributed by atoms with Crippen LogP contribution in [-0.4, -0.2) is 18.6 Å². The van der Waals surface area contributed by atoms with Gasteiger partial charge in [-0.05, 0) is 12.5 Å². The van der Waals surface area contributed by atoms with Gasteiger partial charge in [-0.3, -0.25) is 4.79 Å². The summed E-state index contributed by atoms with van der Waals surface area (Å²) >= 11 is 6.09. The number of hydrogen-bond donors (Lipinski definition) is 2. The Hall–Kier alpha value is -0.970. The number of fused-ring (bicyclic) bond motifs is 1. The molecule has 112 valence electrons. The second kappa shape index (κ2) is 7.72. The molecule has 0 aliphatic carbocycles. The van der Waals surface area contributed by atoms with Gasteiger partial charge in [-0.2, -0.15) is 0 Å². The van der Waals surface area contributed by atoms with E-state index in [9.17, 15) is 4.79 Å². The first kappa shape index (κ1) is 17.1. The molecule has 1 aromatic rings. The molecule has 4 nitrogen and oxygen atoms in total. The maximum absolute atomic E-state index is 12.0. The van der Waals surface area contributed by atoms with Crippen LogP contribution in [0.1, 0.15) is 37.8 Å². The van der Waals surface area contributed by atoms with Crippen molar-refractivity contribution < 1.29 is 9.53 Å². The van der Waals surface area contributed by atoms with Crippen molar-refractivity contribution in [3.8, 4) is 5.75 Å². The number of carbonyl (C=O) groups is 1. The van der Waals surface area contributed by atoms with Gasteiger partial charge in [0, 0.05) is 12.0 Å². The molecule has 0 bridgehead atoms. The number of amides is 1. The number of nitrogens with one attached hydrogen (secondary N) is 1. The lowest BCUT2D eigenvalue weighted by Gasteiger charge is -2.28. The normalized spacial score (nSPS) is 18.2. The largest absolute Gasteiger partial charge is 0.492 e. The second-order valence-corrected chi connectivity index (χ2v) is 5.16. The van der Waals surface area contributed by atoms with Crippen LogP contribution in [0.4, 0.5) is 0 Å².